The largest absolute Gasteiger partial charge is 0.302 e. The van der Waals surface area contributed by atoms with Crippen LogP contribution in [-0.2, 0) is 4.84 Å². The van der Waals surface area contributed by atoms with Crippen LogP contribution in [0.2, 0.25) is 0 Å². The van der Waals surface area contributed by atoms with Gasteiger partial charge in [0.05, 0.1) is 6.61 Å². The first kappa shape index (κ1) is 7.03. The number of hydrogen-bond donors (Lipinski definition) is 1. The second kappa shape index (κ2) is 3.18. The van der Waals surface area contributed by atoms with Crippen molar-refractivity contribution in [3.63, 3.8) is 0 Å². The third kappa shape index (κ3) is 2.33. The first-order valence-corrected chi connectivity index (χ1v) is 3.72. The number of hydrogen-bond acceptors (Lipinski definition) is 2. The van der Waals surface area contributed by atoms with Crippen molar-refractivity contribution in [2.75, 3.05) is 6.61 Å². The van der Waals surface area contributed by atoms with E-state index in [1.807, 2.05) is 6.92 Å². The lowest BCUT2D eigenvalue weighted by Crippen LogP contribution is -2.27. The summed E-state index contributed by atoms with van der Waals surface area (Å²) >= 11 is 0. The Morgan fingerprint density at radius 1 is 1.67 bits per heavy atom. The van der Waals surface area contributed by atoms with E-state index < -0.39 is 0 Å². The number of hydroxylamine groups is 1. The fraction of sp³-hybridized carbons (Fsp3) is 1.00. The molecule has 0 spiro atoms. The highest BCUT2D eigenvalue weighted by Gasteiger charge is 2.27. The van der Waals surface area contributed by atoms with Crippen molar-refractivity contribution in [2.24, 2.45) is 5.92 Å². The molecule has 1 rings (SSSR count). The summed E-state index contributed by atoms with van der Waals surface area (Å²) in [5.41, 5.74) is 2.99. The van der Waals surface area contributed by atoms with Crippen molar-refractivity contribution in [3.05, 3.63) is 0 Å². The average molecular weight is 129 g/mol. The Bertz CT molecular complexity index is 81.0. The maximum Gasteiger partial charge on any atom is 0.0654 e. The SMILES string of the molecule is CCONC(C)C1CC1. The van der Waals surface area contributed by atoms with E-state index in [1.165, 1.54) is 12.8 Å². The molecule has 0 radical (unpaired) electrons. The standard InChI is InChI=1S/C7H15NO/c1-3-9-8-6(2)7-4-5-7/h6-8H,3-5H2,1-2H3. The molecule has 1 aliphatic carbocycles. The molecule has 2 nitrogen and oxygen atoms in total. The molecule has 54 valence electrons. The van der Waals surface area contributed by atoms with E-state index in [4.69, 9.17) is 4.84 Å². The first-order chi connectivity index (χ1) is 4.34. The lowest BCUT2D eigenvalue weighted by atomic mass is 10.2. The maximum absolute atomic E-state index is 5.05. The Balaban J connectivity index is 1.96. The molecule has 1 atom stereocenters. The minimum Gasteiger partial charge on any atom is -0.302 e. The minimum absolute atomic E-state index is 0.560. The lowest BCUT2D eigenvalue weighted by Gasteiger charge is -2.10. The Morgan fingerprint density at radius 2 is 2.33 bits per heavy atom. The zero-order valence-electron chi connectivity index (χ0n) is 6.18. The summed E-state index contributed by atoms with van der Waals surface area (Å²) in [7, 11) is 0. The van der Waals surface area contributed by atoms with E-state index in [2.05, 4.69) is 12.4 Å². The molecule has 0 heterocycles. The van der Waals surface area contributed by atoms with Crippen LogP contribution in [0.3, 0.4) is 0 Å². The highest BCUT2D eigenvalue weighted by Crippen LogP contribution is 2.32. The Hall–Kier alpha value is -0.0800. The van der Waals surface area contributed by atoms with Gasteiger partial charge in [-0.05, 0) is 32.6 Å². The van der Waals surface area contributed by atoms with Gasteiger partial charge in [-0.1, -0.05) is 0 Å². The van der Waals surface area contributed by atoms with Crippen LogP contribution in [-0.4, -0.2) is 12.6 Å². The third-order valence-corrected chi connectivity index (χ3v) is 1.74. The fourth-order valence-corrected chi connectivity index (χ4v) is 0.907. The molecular weight excluding hydrogens is 114 g/mol. The number of nitrogens with one attached hydrogen (secondary N) is 1. The highest BCUT2D eigenvalue weighted by atomic mass is 16.6. The minimum atomic E-state index is 0.560. The van der Waals surface area contributed by atoms with Gasteiger partial charge in [0.25, 0.3) is 0 Å². The fourth-order valence-electron chi connectivity index (χ4n) is 0.907. The molecular formula is C7H15NO. The topological polar surface area (TPSA) is 21.3 Å². The van der Waals surface area contributed by atoms with Gasteiger partial charge in [0.1, 0.15) is 0 Å². The molecule has 2 heteroatoms. The van der Waals surface area contributed by atoms with E-state index in [0.29, 0.717) is 6.04 Å². The van der Waals surface area contributed by atoms with E-state index in [-0.39, 0.29) is 0 Å². The van der Waals surface area contributed by atoms with Gasteiger partial charge in [-0.15, -0.1) is 0 Å². The molecule has 1 unspecified atom stereocenters. The monoisotopic (exact) mass is 129 g/mol. The summed E-state index contributed by atoms with van der Waals surface area (Å²) in [4.78, 5) is 5.05. The summed E-state index contributed by atoms with van der Waals surface area (Å²) in [6.07, 6.45) is 2.75. The van der Waals surface area contributed by atoms with Crippen molar-refractivity contribution < 1.29 is 4.84 Å². The summed E-state index contributed by atoms with van der Waals surface area (Å²) in [6.45, 7) is 4.93. The molecule has 0 aromatic heterocycles. The number of rotatable bonds is 4. The van der Waals surface area contributed by atoms with Gasteiger partial charge in [0.15, 0.2) is 0 Å². The van der Waals surface area contributed by atoms with E-state index in [9.17, 15) is 0 Å². The Morgan fingerprint density at radius 3 is 2.78 bits per heavy atom. The molecule has 0 saturated heterocycles. The smallest absolute Gasteiger partial charge is 0.0654 e. The van der Waals surface area contributed by atoms with Crippen molar-refractivity contribution in [3.8, 4) is 0 Å². The predicted molar refractivity (Wildman–Crippen MR) is 36.9 cm³/mol. The second-order valence-corrected chi connectivity index (χ2v) is 2.68. The van der Waals surface area contributed by atoms with Gasteiger partial charge >= 0.3 is 0 Å². The zero-order chi connectivity index (χ0) is 6.69. The molecule has 9 heavy (non-hydrogen) atoms. The Kier molecular flexibility index (Phi) is 2.49. The quantitative estimate of drug-likeness (QED) is 0.578. The van der Waals surface area contributed by atoms with Crippen LogP contribution < -0.4 is 5.48 Å². The van der Waals surface area contributed by atoms with Crippen LogP contribution in [0.4, 0.5) is 0 Å². The summed E-state index contributed by atoms with van der Waals surface area (Å²) in [5, 5.41) is 0. The van der Waals surface area contributed by atoms with E-state index in [1.54, 1.807) is 0 Å². The second-order valence-electron chi connectivity index (χ2n) is 2.68. The zero-order valence-corrected chi connectivity index (χ0v) is 6.18. The summed E-state index contributed by atoms with van der Waals surface area (Å²) < 4.78 is 0. The molecule has 0 amide bonds. The normalized spacial score (nSPS) is 22.0. The van der Waals surface area contributed by atoms with Gasteiger partial charge in [0, 0.05) is 6.04 Å². The van der Waals surface area contributed by atoms with E-state index >= 15 is 0 Å². The van der Waals surface area contributed by atoms with Crippen LogP contribution in [0.5, 0.6) is 0 Å². The molecule has 1 aliphatic rings. The molecule has 1 N–H and O–H groups in total. The van der Waals surface area contributed by atoms with Crippen molar-refractivity contribution in [1.82, 2.24) is 5.48 Å². The lowest BCUT2D eigenvalue weighted by molar-refractivity contribution is 0.0237. The molecule has 1 saturated carbocycles. The van der Waals surface area contributed by atoms with Crippen LogP contribution in [0.25, 0.3) is 0 Å². The summed E-state index contributed by atoms with van der Waals surface area (Å²) in [5.74, 6) is 0.886. The molecule has 1 fully saturated rings. The van der Waals surface area contributed by atoms with Crippen LogP contribution in [0, 0.1) is 5.92 Å². The molecule has 0 bridgehead atoms. The van der Waals surface area contributed by atoms with Crippen molar-refractivity contribution in [1.29, 1.82) is 0 Å². The van der Waals surface area contributed by atoms with Gasteiger partial charge in [-0.2, -0.15) is 5.48 Å². The van der Waals surface area contributed by atoms with Crippen molar-refractivity contribution >= 4 is 0 Å². The predicted octanol–water partition coefficient (Wildman–Crippen LogP) is 1.33. The third-order valence-electron chi connectivity index (χ3n) is 1.74. The van der Waals surface area contributed by atoms with Gasteiger partial charge in [-0.3, -0.25) is 0 Å². The molecule has 0 aromatic rings. The highest BCUT2D eigenvalue weighted by molar-refractivity contribution is 4.81. The first-order valence-electron chi connectivity index (χ1n) is 3.72. The molecule has 0 aromatic carbocycles. The maximum atomic E-state index is 5.05. The van der Waals surface area contributed by atoms with Gasteiger partial charge in [0.2, 0.25) is 0 Å². The van der Waals surface area contributed by atoms with Crippen LogP contribution in [0.15, 0.2) is 0 Å². The Labute approximate surface area is 56.5 Å². The average Bonchev–Trinajstić information content (AvgIpc) is 2.63. The van der Waals surface area contributed by atoms with Crippen LogP contribution in [0.1, 0.15) is 26.7 Å². The van der Waals surface area contributed by atoms with Crippen molar-refractivity contribution in [2.45, 2.75) is 32.7 Å². The van der Waals surface area contributed by atoms with E-state index in [0.717, 1.165) is 12.5 Å². The van der Waals surface area contributed by atoms with Gasteiger partial charge < -0.3 is 4.84 Å². The molecule has 0 aliphatic heterocycles. The van der Waals surface area contributed by atoms with Gasteiger partial charge in [-0.25, -0.2) is 0 Å². The van der Waals surface area contributed by atoms with Crippen LogP contribution >= 0.6 is 0 Å². The summed E-state index contributed by atoms with van der Waals surface area (Å²) in [6, 6.07) is 0.560.